The zero-order valence-electron chi connectivity index (χ0n) is 28.1. The van der Waals surface area contributed by atoms with Crippen LogP contribution in [0.15, 0.2) is 78.4 Å². The van der Waals surface area contributed by atoms with E-state index in [1.807, 2.05) is 67.6 Å². The minimum absolute atomic E-state index is 0.0394. The number of ether oxygens (including phenoxy) is 1. The quantitative estimate of drug-likeness (QED) is 0.219. The van der Waals surface area contributed by atoms with Crippen LogP contribution >= 0.6 is 11.6 Å². The van der Waals surface area contributed by atoms with Gasteiger partial charge in [-0.25, -0.2) is 0 Å². The Morgan fingerprint density at radius 3 is 2.32 bits per heavy atom. The molecule has 0 bridgehead atoms. The number of nitrogens with zero attached hydrogens (tertiary/aromatic N) is 2. The van der Waals surface area contributed by atoms with Gasteiger partial charge in [-0.2, -0.15) is 5.01 Å². The molecule has 3 aromatic carbocycles. The van der Waals surface area contributed by atoms with Crippen LogP contribution in [0.4, 0.5) is 5.69 Å². The van der Waals surface area contributed by atoms with Gasteiger partial charge in [-0.3, -0.25) is 29.5 Å². The zero-order chi connectivity index (χ0) is 34.9. The molecule has 2 heterocycles. The monoisotopic (exact) mass is 693 g/mol. The number of phenols is 1. The van der Waals surface area contributed by atoms with Crippen LogP contribution < -0.4 is 10.2 Å². The molecule has 0 spiro atoms. The van der Waals surface area contributed by atoms with E-state index in [1.165, 1.54) is 7.11 Å². The molecule has 8 rings (SSSR count). The lowest BCUT2D eigenvalue weighted by atomic mass is 9.49. The number of benzene rings is 3. The number of halogens is 1. The molecule has 0 radical (unpaired) electrons. The predicted octanol–water partition coefficient (Wildman–Crippen LogP) is 6.68. The molecule has 2 N–H and O–H groups in total. The van der Waals surface area contributed by atoms with E-state index in [1.54, 1.807) is 17.0 Å². The fraction of sp³-hybridized carbons (Fsp3) is 0.400. The molecule has 5 aliphatic rings. The highest BCUT2D eigenvalue weighted by atomic mass is 35.5. The fourth-order valence-electron chi connectivity index (χ4n) is 9.76. The summed E-state index contributed by atoms with van der Waals surface area (Å²) in [5.74, 6) is -4.50. The summed E-state index contributed by atoms with van der Waals surface area (Å²) in [5, 5.41) is 12.0. The smallest absolute Gasteiger partial charge is 0.260 e. The highest BCUT2D eigenvalue weighted by molar-refractivity contribution is 6.32. The first-order valence-corrected chi connectivity index (χ1v) is 17.9. The van der Waals surface area contributed by atoms with Gasteiger partial charge in [0.2, 0.25) is 11.8 Å². The van der Waals surface area contributed by atoms with Gasteiger partial charge in [-0.05, 0) is 73.9 Å². The van der Waals surface area contributed by atoms with Gasteiger partial charge in [0.15, 0.2) is 11.5 Å². The van der Waals surface area contributed by atoms with Crippen molar-refractivity contribution in [2.24, 2.45) is 23.7 Å². The summed E-state index contributed by atoms with van der Waals surface area (Å²) in [5.41, 5.74) is 5.37. The van der Waals surface area contributed by atoms with Crippen molar-refractivity contribution < 1.29 is 29.0 Å². The Hall–Kier alpha value is -4.63. The molecule has 2 saturated heterocycles. The van der Waals surface area contributed by atoms with Crippen LogP contribution in [0.1, 0.15) is 67.6 Å². The zero-order valence-corrected chi connectivity index (χ0v) is 28.9. The first-order chi connectivity index (χ1) is 24.2. The number of imide groups is 2. The third-order valence-corrected chi connectivity index (χ3v) is 12.3. The van der Waals surface area contributed by atoms with Crippen molar-refractivity contribution in [1.82, 2.24) is 9.91 Å². The number of carbonyl (C=O) groups excluding carboxylic acids is 4. The van der Waals surface area contributed by atoms with E-state index in [9.17, 15) is 19.5 Å². The first-order valence-electron chi connectivity index (χ1n) is 17.6. The van der Waals surface area contributed by atoms with Crippen LogP contribution in [-0.2, 0) is 24.6 Å². The number of carbonyl (C=O) groups is 4. The molecule has 0 aromatic heterocycles. The number of hydrogen-bond donors (Lipinski definition) is 2. The van der Waals surface area contributed by atoms with E-state index in [0.717, 1.165) is 48.2 Å². The van der Waals surface area contributed by atoms with E-state index >= 15 is 4.79 Å². The third-order valence-electron chi connectivity index (χ3n) is 12.0. The summed E-state index contributed by atoms with van der Waals surface area (Å²) in [6, 6.07) is 20.0. The van der Waals surface area contributed by atoms with Gasteiger partial charge in [-0.1, -0.05) is 90.5 Å². The van der Waals surface area contributed by atoms with Gasteiger partial charge < -0.3 is 9.84 Å². The number of aryl methyl sites for hydroxylation is 1. The summed E-state index contributed by atoms with van der Waals surface area (Å²) in [4.78, 5) is 60.2. The third kappa shape index (κ3) is 4.72. The van der Waals surface area contributed by atoms with Crippen molar-refractivity contribution in [1.29, 1.82) is 0 Å². The number of allylic oxidation sites excluding steroid dienone is 2. The second-order valence-electron chi connectivity index (χ2n) is 14.5. The number of hydrogen-bond acceptors (Lipinski definition) is 7. The van der Waals surface area contributed by atoms with Gasteiger partial charge in [0, 0.05) is 12.0 Å². The maximum absolute atomic E-state index is 15.3. The highest BCUT2D eigenvalue weighted by Crippen LogP contribution is 2.64. The Labute approximate surface area is 296 Å². The van der Waals surface area contributed by atoms with Crippen molar-refractivity contribution in [3.63, 3.8) is 0 Å². The predicted molar refractivity (Wildman–Crippen MR) is 187 cm³/mol. The molecule has 3 aromatic rings. The number of anilines is 1. The molecule has 50 heavy (non-hydrogen) atoms. The van der Waals surface area contributed by atoms with Crippen molar-refractivity contribution in [3.8, 4) is 11.5 Å². The topological polar surface area (TPSA) is 116 Å². The average molecular weight is 694 g/mol. The van der Waals surface area contributed by atoms with Gasteiger partial charge in [-0.15, -0.1) is 0 Å². The van der Waals surface area contributed by atoms with Crippen molar-refractivity contribution in [3.05, 3.63) is 100 Å². The first kappa shape index (κ1) is 32.6. The van der Waals surface area contributed by atoms with Crippen molar-refractivity contribution in [2.75, 3.05) is 12.5 Å². The van der Waals surface area contributed by atoms with Gasteiger partial charge in [0.1, 0.15) is 0 Å². The fourth-order valence-corrected chi connectivity index (χ4v) is 9.98. The van der Waals surface area contributed by atoms with Crippen LogP contribution in [-0.4, -0.2) is 51.8 Å². The molecular formula is C40H40ClN3O6. The summed E-state index contributed by atoms with van der Waals surface area (Å²) in [6.45, 7) is 1.96. The summed E-state index contributed by atoms with van der Waals surface area (Å²) >= 11 is 6.65. The van der Waals surface area contributed by atoms with E-state index in [-0.39, 0.29) is 40.8 Å². The molecule has 6 unspecified atom stereocenters. The molecule has 258 valence electrons. The lowest BCUT2D eigenvalue weighted by molar-refractivity contribution is -0.144. The van der Waals surface area contributed by atoms with Gasteiger partial charge in [0.25, 0.3) is 11.8 Å². The van der Waals surface area contributed by atoms with Crippen LogP contribution in [0.25, 0.3) is 0 Å². The number of fused-ring (bicyclic) bond motifs is 4. The minimum atomic E-state index is -1.44. The standard InChI is InChI=1S/C40H40ClN3O6/c1-22-13-15-25(16-14-22)42-44-37(47)30-21-29-27(17-18-28-33(29)38(48)43(36(28)46)26-11-7-4-8-12-26)34(23-19-31(41)35(45)32(20-23)50-2)40(30,39(44)49)24-9-5-3-6-10-24/h3,5-6,9-10,13-17,19-20,26,28-30,33-34,42,45H,4,7-8,11-12,18,21H2,1-2H3. The molecule has 4 amide bonds. The summed E-state index contributed by atoms with van der Waals surface area (Å²) in [6.07, 6.45) is 7.29. The number of rotatable bonds is 6. The lowest BCUT2D eigenvalue weighted by Crippen LogP contribution is -2.53. The van der Waals surface area contributed by atoms with Crippen LogP contribution in [0, 0.1) is 30.6 Å². The van der Waals surface area contributed by atoms with E-state index in [4.69, 9.17) is 16.3 Å². The van der Waals surface area contributed by atoms with Crippen LogP contribution in [0.3, 0.4) is 0 Å². The molecular weight excluding hydrogens is 654 g/mol. The Balaban J connectivity index is 1.33. The SMILES string of the molecule is COc1cc(C2C3=CCC4C(=O)N(C5CCCCC5)C(=O)C4C3CC3C(=O)N(Nc4ccc(C)cc4)C(=O)C32c2ccccc2)cc(Cl)c1O. The van der Waals surface area contributed by atoms with E-state index in [0.29, 0.717) is 23.2 Å². The van der Waals surface area contributed by atoms with Crippen molar-refractivity contribution in [2.45, 2.75) is 69.2 Å². The molecule has 2 saturated carbocycles. The van der Waals surface area contributed by atoms with Crippen molar-refractivity contribution >= 4 is 40.9 Å². The minimum Gasteiger partial charge on any atom is -0.503 e. The Morgan fingerprint density at radius 1 is 0.900 bits per heavy atom. The number of nitrogens with one attached hydrogen (secondary N) is 1. The number of amides is 4. The van der Waals surface area contributed by atoms with Gasteiger partial charge in [0.05, 0.1) is 41.0 Å². The molecule has 2 aliphatic heterocycles. The van der Waals surface area contributed by atoms with E-state index in [2.05, 4.69) is 5.43 Å². The maximum atomic E-state index is 15.3. The Morgan fingerprint density at radius 2 is 1.62 bits per heavy atom. The molecule has 10 heteroatoms. The second kappa shape index (κ2) is 12.3. The van der Waals surface area contributed by atoms with Crippen LogP contribution in [0.2, 0.25) is 5.02 Å². The maximum Gasteiger partial charge on any atom is 0.260 e. The number of hydrazine groups is 1. The van der Waals surface area contributed by atoms with Gasteiger partial charge >= 0.3 is 0 Å². The highest BCUT2D eigenvalue weighted by Gasteiger charge is 2.70. The number of phenolic OH excluding ortho intramolecular Hbond substituents is 1. The second-order valence-corrected chi connectivity index (χ2v) is 14.9. The number of methoxy groups -OCH3 is 1. The van der Waals surface area contributed by atoms with Crippen LogP contribution in [0.5, 0.6) is 11.5 Å². The molecule has 9 nitrogen and oxygen atoms in total. The number of likely N-dealkylation sites (tertiary alicyclic amines) is 1. The van der Waals surface area contributed by atoms with E-state index < -0.39 is 46.8 Å². The molecule has 6 atom stereocenters. The normalized spacial score (nSPS) is 29.4. The summed E-state index contributed by atoms with van der Waals surface area (Å²) < 4.78 is 5.55. The molecule has 3 aliphatic carbocycles. The Kier molecular flexibility index (Phi) is 8.01. The average Bonchev–Trinajstić information content (AvgIpc) is 3.51. The molecule has 4 fully saturated rings. The Bertz CT molecular complexity index is 1920. The largest absolute Gasteiger partial charge is 0.503 e. The summed E-state index contributed by atoms with van der Waals surface area (Å²) in [7, 11) is 1.43. The number of aromatic hydroxyl groups is 1. The lowest BCUT2D eigenvalue weighted by Gasteiger charge is -2.50.